The second kappa shape index (κ2) is 5.91. The maximum Gasteiger partial charge on any atom is 0.125 e. The molecule has 1 aromatic heterocycles. The zero-order chi connectivity index (χ0) is 13.1. The van der Waals surface area contributed by atoms with Crippen LogP contribution in [-0.4, -0.2) is 29.0 Å². The highest BCUT2D eigenvalue weighted by molar-refractivity contribution is 5.35. The Bertz CT molecular complexity index is 401. The molecule has 3 rings (SSSR count). The molecule has 1 aliphatic carbocycles. The number of rotatable bonds is 4. The van der Waals surface area contributed by atoms with E-state index in [0.29, 0.717) is 0 Å². The molecule has 2 atom stereocenters. The summed E-state index contributed by atoms with van der Waals surface area (Å²) in [4.78, 5) is 7.18. The van der Waals surface area contributed by atoms with Crippen molar-refractivity contribution >= 4 is 5.82 Å². The van der Waals surface area contributed by atoms with Gasteiger partial charge in [-0.1, -0.05) is 12.5 Å². The Morgan fingerprint density at radius 3 is 2.95 bits per heavy atom. The van der Waals surface area contributed by atoms with Crippen LogP contribution in [0, 0.1) is 5.92 Å². The van der Waals surface area contributed by atoms with Gasteiger partial charge in [-0.05, 0) is 56.7 Å². The number of likely N-dealkylation sites (tertiary alicyclic amines) is 1. The van der Waals surface area contributed by atoms with Crippen molar-refractivity contribution in [2.75, 3.05) is 18.4 Å². The lowest BCUT2D eigenvalue weighted by atomic mass is 9.92. The van der Waals surface area contributed by atoms with Crippen molar-refractivity contribution in [1.82, 2.24) is 9.88 Å². The van der Waals surface area contributed by atoms with Gasteiger partial charge in [0.25, 0.3) is 0 Å². The van der Waals surface area contributed by atoms with Crippen LogP contribution >= 0.6 is 0 Å². The van der Waals surface area contributed by atoms with Crippen LogP contribution in [0.5, 0.6) is 0 Å². The lowest BCUT2D eigenvalue weighted by molar-refractivity contribution is 0.106. The second-order valence-corrected chi connectivity index (χ2v) is 5.95. The molecule has 0 spiro atoms. The lowest BCUT2D eigenvalue weighted by Crippen LogP contribution is -2.41. The Labute approximate surface area is 116 Å². The minimum absolute atomic E-state index is 0.849. The molecule has 2 heterocycles. The number of nitrogens with zero attached hydrogens (tertiary/aromatic N) is 2. The average Bonchev–Trinajstić information content (AvgIpc) is 2.91. The van der Waals surface area contributed by atoms with Gasteiger partial charge in [0.15, 0.2) is 0 Å². The topological polar surface area (TPSA) is 28.2 Å². The first-order valence-corrected chi connectivity index (χ1v) is 7.79. The van der Waals surface area contributed by atoms with Crippen LogP contribution in [0.4, 0.5) is 5.82 Å². The zero-order valence-corrected chi connectivity index (χ0v) is 11.9. The third kappa shape index (κ3) is 2.92. The average molecular weight is 259 g/mol. The molecule has 2 aliphatic rings. The van der Waals surface area contributed by atoms with Gasteiger partial charge in [0.1, 0.15) is 5.82 Å². The Hall–Kier alpha value is -1.09. The summed E-state index contributed by atoms with van der Waals surface area (Å²) in [7, 11) is 0. The quantitative estimate of drug-likeness (QED) is 0.899. The molecule has 0 aromatic carbocycles. The van der Waals surface area contributed by atoms with Crippen LogP contribution in [0.25, 0.3) is 0 Å². The molecular formula is C16H25N3. The highest BCUT2D eigenvalue weighted by Gasteiger charge is 2.34. The third-order valence-electron chi connectivity index (χ3n) is 4.68. The molecule has 3 heteroatoms. The van der Waals surface area contributed by atoms with Gasteiger partial charge in [-0.3, -0.25) is 4.90 Å². The van der Waals surface area contributed by atoms with E-state index in [4.69, 9.17) is 0 Å². The molecule has 1 saturated heterocycles. The normalized spacial score (nSPS) is 27.2. The Morgan fingerprint density at radius 2 is 2.16 bits per heavy atom. The summed E-state index contributed by atoms with van der Waals surface area (Å²) in [5.41, 5.74) is 1.36. The number of piperidine rings is 1. The van der Waals surface area contributed by atoms with Gasteiger partial charge in [0.2, 0.25) is 0 Å². The van der Waals surface area contributed by atoms with E-state index < -0.39 is 0 Å². The van der Waals surface area contributed by atoms with Gasteiger partial charge in [0.05, 0.1) is 0 Å². The predicted molar refractivity (Wildman–Crippen MR) is 79.2 cm³/mol. The van der Waals surface area contributed by atoms with Crippen molar-refractivity contribution in [2.45, 2.75) is 51.6 Å². The van der Waals surface area contributed by atoms with Crippen molar-refractivity contribution in [1.29, 1.82) is 0 Å². The number of pyridine rings is 1. The zero-order valence-electron chi connectivity index (χ0n) is 11.9. The smallest absolute Gasteiger partial charge is 0.125 e. The van der Waals surface area contributed by atoms with Crippen molar-refractivity contribution in [3.05, 3.63) is 23.9 Å². The van der Waals surface area contributed by atoms with Gasteiger partial charge >= 0.3 is 0 Å². The van der Waals surface area contributed by atoms with Crippen molar-refractivity contribution in [2.24, 2.45) is 5.92 Å². The number of aromatic nitrogens is 1. The number of hydrogen-bond acceptors (Lipinski definition) is 3. The Kier molecular flexibility index (Phi) is 4.02. The molecule has 2 unspecified atom stereocenters. The van der Waals surface area contributed by atoms with E-state index in [1.54, 1.807) is 0 Å². The minimum Gasteiger partial charge on any atom is -0.370 e. The van der Waals surface area contributed by atoms with Gasteiger partial charge in [0, 0.05) is 25.3 Å². The first kappa shape index (κ1) is 12.9. The third-order valence-corrected chi connectivity index (χ3v) is 4.68. The summed E-state index contributed by atoms with van der Waals surface area (Å²) in [6.07, 6.45) is 9.18. The SMILES string of the molecule is CCNc1ccc(CN2CCCC3CCCC32)cn1. The van der Waals surface area contributed by atoms with E-state index in [9.17, 15) is 0 Å². The summed E-state index contributed by atoms with van der Waals surface area (Å²) in [6.45, 7) is 5.39. The van der Waals surface area contributed by atoms with E-state index in [-0.39, 0.29) is 0 Å². The van der Waals surface area contributed by atoms with Crippen molar-refractivity contribution in [3.8, 4) is 0 Å². The second-order valence-electron chi connectivity index (χ2n) is 5.95. The van der Waals surface area contributed by atoms with E-state index in [1.807, 2.05) is 6.20 Å². The highest BCUT2D eigenvalue weighted by Crippen LogP contribution is 2.37. The van der Waals surface area contributed by atoms with Crippen molar-refractivity contribution < 1.29 is 0 Å². The fourth-order valence-corrected chi connectivity index (χ4v) is 3.79. The van der Waals surface area contributed by atoms with Crippen molar-refractivity contribution in [3.63, 3.8) is 0 Å². The predicted octanol–water partition coefficient (Wildman–Crippen LogP) is 3.28. The van der Waals surface area contributed by atoms with Gasteiger partial charge in [-0.2, -0.15) is 0 Å². The number of fused-ring (bicyclic) bond motifs is 1. The summed E-state index contributed by atoms with van der Waals surface area (Å²) in [5, 5.41) is 3.25. The number of anilines is 1. The first-order chi connectivity index (χ1) is 9.36. The molecule has 1 aromatic rings. The molecule has 0 amide bonds. The number of hydrogen-bond donors (Lipinski definition) is 1. The fourth-order valence-electron chi connectivity index (χ4n) is 3.79. The fraction of sp³-hybridized carbons (Fsp3) is 0.688. The monoisotopic (exact) mass is 259 g/mol. The summed E-state index contributed by atoms with van der Waals surface area (Å²) in [6, 6.07) is 5.18. The van der Waals surface area contributed by atoms with Crippen LogP contribution in [-0.2, 0) is 6.54 Å². The van der Waals surface area contributed by atoms with E-state index in [2.05, 4.69) is 34.3 Å². The molecular weight excluding hydrogens is 234 g/mol. The van der Waals surface area contributed by atoms with Gasteiger partial charge in [-0.15, -0.1) is 0 Å². The summed E-state index contributed by atoms with van der Waals surface area (Å²) < 4.78 is 0. The largest absolute Gasteiger partial charge is 0.370 e. The van der Waals surface area contributed by atoms with E-state index >= 15 is 0 Å². The Balaban J connectivity index is 1.63. The van der Waals surface area contributed by atoms with Crippen LogP contribution in [0.3, 0.4) is 0 Å². The Morgan fingerprint density at radius 1 is 1.26 bits per heavy atom. The summed E-state index contributed by atoms with van der Waals surface area (Å²) in [5.74, 6) is 1.96. The molecule has 1 saturated carbocycles. The molecule has 19 heavy (non-hydrogen) atoms. The molecule has 1 N–H and O–H groups in total. The molecule has 1 aliphatic heterocycles. The summed E-state index contributed by atoms with van der Waals surface area (Å²) >= 11 is 0. The highest BCUT2D eigenvalue weighted by atomic mass is 15.2. The standard InChI is InChI=1S/C16H25N3/c1-2-17-16-9-8-13(11-18-16)12-19-10-4-6-14-5-3-7-15(14)19/h8-9,11,14-15H,2-7,10,12H2,1H3,(H,17,18). The first-order valence-electron chi connectivity index (χ1n) is 7.79. The van der Waals surface area contributed by atoms with E-state index in [1.165, 1.54) is 44.2 Å². The van der Waals surface area contributed by atoms with Crippen LogP contribution in [0.1, 0.15) is 44.6 Å². The van der Waals surface area contributed by atoms with Gasteiger partial charge in [-0.25, -0.2) is 4.98 Å². The van der Waals surface area contributed by atoms with Crippen LogP contribution in [0.15, 0.2) is 18.3 Å². The van der Waals surface area contributed by atoms with Crippen LogP contribution in [0.2, 0.25) is 0 Å². The molecule has 2 fully saturated rings. The van der Waals surface area contributed by atoms with E-state index in [0.717, 1.165) is 30.9 Å². The molecule has 0 radical (unpaired) electrons. The molecule has 3 nitrogen and oxygen atoms in total. The molecule has 0 bridgehead atoms. The van der Waals surface area contributed by atoms with Crippen LogP contribution < -0.4 is 5.32 Å². The maximum absolute atomic E-state index is 4.48. The maximum atomic E-state index is 4.48. The minimum atomic E-state index is 0.849. The number of nitrogens with one attached hydrogen (secondary N) is 1. The van der Waals surface area contributed by atoms with Gasteiger partial charge < -0.3 is 5.32 Å². The lowest BCUT2D eigenvalue weighted by Gasteiger charge is -2.37. The molecule has 104 valence electrons.